The second-order valence-corrected chi connectivity index (χ2v) is 7.26. The monoisotopic (exact) mass is 404 g/mol. The van der Waals surface area contributed by atoms with Crippen LogP contribution in [-0.4, -0.2) is 8.42 Å². The first-order chi connectivity index (χ1) is 12.1. The molecule has 0 saturated heterocycles. The molecule has 0 spiro atoms. The fourth-order valence-electron chi connectivity index (χ4n) is 1.93. The minimum absolute atomic E-state index is 0.258. The number of halogens is 5. The summed E-state index contributed by atoms with van der Waals surface area (Å²) in [6.45, 7) is 0. The molecule has 0 fully saturated rings. The highest BCUT2D eigenvalue weighted by Gasteiger charge is 2.34. The summed E-state index contributed by atoms with van der Waals surface area (Å²) in [7, 11) is -4.27. The third kappa shape index (κ3) is 4.33. The predicted molar refractivity (Wildman–Crippen MR) is 87.4 cm³/mol. The van der Waals surface area contributed by atoms with Crippen molar-refractivity contribution in [1.29, 1.82) is 5.26 Å². The van der Waals surface area contributed by atoms with Crippen LogP contribution in [0.3, 0.4) is 0 Å². The van der Waals surface area contributed by atoms with E-state index < -0.39 is 38.0 Å². The largest absolute Gasteiger partial charge is 0.418 e. The van der Waals surface area contributed by atoms with E-state index in [2.05, 4.69) is 5.32 Å². The van der Waals surface area contributed by atoms with Gasteiger partial charge in [-0.15, -0.1) is 0 Å². The molecule has 136 valence electrons. The summed E-state index contributed by atoms with van der Waals surface area (Å²) in [5.74, 6) is -1.11. The van der Waals surface area contributed by atoms with Gasteiger partial charge >= 0.3 is 6.18 Å². The Morgan fingerprint density at radius 1 is 1.15 bits per heavy atom. The molecular formula is C16H9ClF4N2O2S. The quantitative estimate of drug-likeness (QED) is 0.589. The van der Waals surface area contributed by atoms with Crippen LogP contribution < -0.4 is 5.32 Å². The molecule has 10 heteroatoms. The van der Waals surface area contributed by atoms with Crippen molar-refractivity contribution in [2.75, 3.05) is 5.32 Å². The number of sulfone groups is 1. The maximum absolute atomic E-state index is 13.1. The van der Waals surface area contributed by atoms with Crippen molar-refractivity contribution in [1.82, 2.24) is 0 Å². The maximum Gasteiger partial charge on any atom is 0.418 e. The van der Waals surface area contributed by atoms with Crippen LogP contribution in [0.2, 0.25) is 5.02 Å². The number of nitriles is 1. The lowest BCUT2D eigenvalue weighted by atomic mass is 10.1. The van der Waals surface area contributed by atoms with E-state index in [1.807, 2.05) is 0 Å². The van der Waals surface area contributed by atoms with E-state index in [1.165, 1.54) is 18.2 Å². The number of benzene rings is 2. The third-order valence-corrected chi connectivity index (χ3v) is 5.10. The lowest BCUT2D eigenvalue weighted by molar-refractivity contribution is -0.137. The van der Waals surface area contributed by atoms with Gasteiger partial charge in [0.05, 0.1) is 16.1 Å². The smallest absolute Gasteiger partial charge is 0.359 e. The Labute approximate surface area is 151 Å². The fraction of sp³-hybridized carbons (Fsp3) is 0.0625. The Kier molecular flexibility index (Phi) is 5.59. The Balaban J connectivity index is 2.43. The van der Waals surface area contributed by atoms with Crippen LogP contribution >= 0.6 is 11.6 Å². The molecular weight excluding hydrogens is 396 g/mol. The first-order valence-electron chi connectivity index (χ1n) is 6.80. The van der Waals surface area contributed by atoms with Crippen molar-refractivity contribution >= 4 is 27.1 Å². The molecule has 0 aliphatic rings. The molecule has 2 aromatic rings. The van der Waals surface area contributed by atoms with E-state index in [9.17, 15) is 26.0 Å². The third-order valence-electron chi connectivity index (χ3n) is 3.17. The van der Waals surface area contributed by atoms with Gasteiger partial charge in [0.1, 0.15) is 11.9 Å². The molecule has 0 bridgehead atoms. The van der Waals surface area contributed by atoms with E-state index in [1.54, 1.807) is 0 Å². The van der Waals surface area contributed by atoms with Gasteiger partial charge in [0.25, 0.3) is 0 Å². The molecule has 0 saturated carbocycles. The van der Waals surface area contributed by atoms with Crippen molar-refractivity contribution in [2.24, 2.45) is 0 Å². The first-order valence-corrected chi connectivity index (χ1v) is 8.66. The fourth-order valence-corrected chi connectivity index (χ4v) is 3.14. The molecule has 2 rings (SSSR count). The van der Waals surface area contributed by atoms with E-state index >= 15 is 0 Å². The zero-order valence-electron chi connectivity index (χ0n) is 12.7. The molecule has 4 nitrogen and oxygen atoms in total. The van der Waals surface area contributed by atoms with Gasteiger partial charge in [-0.3, -0.25) is 0 Å². The number of anilines is 1. The second-order valence-electron chi connectivity index (χ2n) is 4.91. The van der Waals surface area contributed by atoms with Crippen LogP contribution in [0.4, 0.5) is 23.2 Å². The van der Waals surface area contributed by atoms with Crippen molar-refractivity contribution in [2.45, 2.75) is 11.1 Å². The second kappa shape index (κ2) is 7.35. The summed E-state index contributed by atoms with van der Waals surface area (Å²) in [4.78, 5) is -1.08. The molecule has 2 aromatic carbocycles. The van der Waals surface area contributed by atoms with Crippen LogP contribution in [0.15, 0.2) is 58.5 Å². The Hall–Kier alpha value is -2.57. The number of nitrogens with one attached hydrogen (secondary N) is 1. The minimum atomic E-state index is -4.87. The first kappa shape index (κ1) is 19.8. The van der Waals surface area contributed by atoms with E-state index in [-0.39, 0.29) is 16.0 Å². The van der Waals surface area contributed by atoms with Crippen molar-refractivity contribution in [3.05, 3.63) is 70.0 Å². The zero-order valence-corrected chi connectivity index (χ0v) is 14.3. The summed E-state index contributed by atoms with van der Waals surface area (Å²) in [6, 6.07) is 8.13. The van der Waals surface area contributed by atoms with E-state index in [4.69, 9.17) is 16.9 Å². The Bertz CT molecular complexity index is 994. The molecule has 0 atom stereocenters. The number of allylic oxidation sites excluding steroid dienone is 1. The molecule has 0 radical (unpaired) electrons. The molecule has 0 unspecified atom stereocenters. The van der Waals surface area contributed by atoms with E-state index in [0.29, 0.717) is 6.20 Å². The minimum Gasteiger partial charge on any atom is -0.359 e. The van der Waals surface area contributed by atoms with Crippen LogP contribution in [0.1, 0.15) is 5.56 Å². The highest BCUT2D eigenvalue weighted by atomic mass is 35.5. The zero-order chi connectivity index (χ0) is 19.5. The van der Waals surface area contributed by atoms with E-state index in [0.717, 1.165) is 24.3 Å². The average molecular weight is 405 g/mol. The van der Waals surface area contributed by atoms with Gasteiger partial charge in [0, 0.05) is 11.2 Å². The SMILES string of the molecule is N#CC(=CNc1ccc(F)cc1C(F)(F)F)S(=O)(=O)c1ccc(Cl)cc1. The highest BCUT2D eigenvalue weighted by molar-refractivity contribution is 7.95. The Morgan fingerprint density at radius 2 is 1.77 bits per heavy atom. The standard InChI is InChI=1S/C16H9ClF4N2O2S/c17-10-1-4-12(5-2-10)26(24,25)13(8-22)9-23-15-6-3-11(18)7-14(15)16(19,20)21/h1-7,9,23H. The van der Waals surface area contributed by atoms with Crippen LogP contribution in [0.25, 0.3) is 0 Å². The summed E-state index contributed by atoms with van der Waals surface area (Å²) in [6.07, 6.45) is -4.26. The lowest BCUT2D eigenvalue weighted by Crippen LogP contribution is -2.10. The van der Waals surface area contributed by atoms with Gasteiger partial charge in [0.15, 0.2) is 4.91 Å². The summed E-state index contributed by atoms with van der Waals surface area (Å²) in [5, 5.41) is 11.5. The van der Waals surface area contributed by atoms with Gasteiger partial charge in [-0.25, -0.2) is 12.8 Å². The van der Waals surface area contributed by atoms with Gasteiger partial charge in [-0.1, -0.05) is 11.6 Å². The van der Waals surface area contributed by atoms with Crippen LogP contribution in [0.5, 0.6) is 0 Å². The lowest BCUT2D eigenvalue weighted by Gasteiger charge is -2.13. The molecule has 0 aromatic heterocycles. The summed E-state index contributed by atoms with van der Waals surface area (Å²) >= 11 is 5.67. The average Bonchev–Trinajstić information content (AvgIpc) is 2.56. The summed E-state index contributed by atoms with van der Waals surface area (Å²) < 4.78 is 76.7. The number of rotatable bonds is 4. The van der Waals surface area contributed by atoms with Gasteiger partial charge in [0.2, 0.25) is 9.84 Å². The highest BCUT2D eigenvalue weighted by Crippen LogP contribution is 2.35. The molecule has 0 aliphatic carbocycles. The number of hydrogen-bond acceptors (Lipinski definition) is 4. The molecule has 0 amide bonds. The van der Waals surface area contributed by atoms with Crippen LogP contribution in [-0.2, 0) is 16.0 Å². The predicted octanol–water partition coefficient (Wildman–Crippen LogP) is 4.75. The molecule has 1 N–H and O–H groups in total. The van der Waals surface area contributed by atoms with Crippen LogP contribution in [0, 0.1) is 17.1 Å². The topological polar surface area (TPSA) is 70.0 Å². The molecule has 0 aliphatic heterocycles. The Morgan fingerprint density at radius 3 is 2.31 bits per heavy atom. The number of hydrogen-bond donors (Lipinski definition) is 1. The van der Waals surface area contributed by atoms with Crippen molar-refractivity contribution < 1.29 is 26.0 Å². The van der Waals surface area contributed by atoms with Gasteiger partial charge < -0.3 is 5.32 Å². The molecule has 0 heterocycles. The molecule has 26 heavy (non-hydrogen) atoms. The van der Waals surface area contributed by atoms with Crippen molar-refractivity contribution in [3.8, 4) is 6.07 Å². The maximum atomic E-state index is 13.1. The van der Waals surface area contributed by atoms with Gasteiger partial charge in [-0.05, 0) is 42.5 Å². The number of nitrogens with zero attached hydrogens (tertiary/aromatic N) is 1. The normalized spacial score (nSPS) is 12.5. The summed E-state index contributed by atoms with van der Waals surface area (Å²) in [5.41, 5.74) is -1.94. The number of alkyl halides is 3. The van der Waals surface area contributed by atoms with Crippen molar-refractivity contribution in [3.63, 3.8) is 0 Å². The van der Waals surface area contributed by atoms with Gasteiger partial charge in [-0.2, -0.15) is 18.4 Å².